The summed E-state index contributed by atoms with van der Waals surface area (Å²) in [5, 5.41) is 0. The van der Waals surface area contributed by atoms with Crippen LogP contribution in [-0.4, -0.2) is 11.0 Å². The smallest absolute Gasteiger partial charge is 0.316 e. The van der Waals surface area contributed by atoms with E-state index in [-0.39, 0.29) is 5.97 Å². The van der Waals surface area contributed by atoms with E-state index < -0.39 is 5.41 Å². The summed E-state index contributed by atoms with van der Waals surface area (Å²) >= 11 is 0. The number of esters is 1. The summed E-state index contributed by atoms with van der Waals surface area (Å²) < 4.78 is 11.1. The molecule has 0 aliphatic heterocycles. The summed E-state index contributed by atoms with van der Waals surface area (Å²) in [7, 11) is 0. The minimum Gasteiger partial charge on any atom is -0.436 e. The van der Waals surface area contributed by atoms with Crippen molar-refractivity contribution in [1.29, 1.82) is 0 Å². The van der Waals surface area contributed by atoms with Crippen LogP contribution in [-0.2, 0) is 4.79 Å². The van der Waals surface area contributed by atoms with Gasteiger partial charge in [-0.1, -0.05) is 18.2 Å². The molecule has 22 heavy (non-hydrogen) atoms. The number of oxazole rings is 1. The van der Waals surface area contributed by atoms with Gasteiger partial charge in [-0.25, -0.2) is 4.98 Å². The summed E-state index contributed by atoms with van der Waals surface area (Å²) in [6.45, 7) is 5.45. The number of carbonyl (C=O) groups is 1. The summed E-state index contributed by atoms with van der Waals surface area (Å²) in [4.78, 5) is 16.4. The zero-order valence-electron chi connectivity index (χ0n) is 12.8. The van der Waals surface area contributed by atoms with Crippen LogP contribution in [0.1, 0.15) is 20.8 Å². The van der Waals surface area contributed by atoms with Crippen LogP contribution in [0, 0.1) is 5.41 Å². The third kappa shape index (κ3) is 2.86. The number of fused-ring (bicyclic) bond motifs is 1. The molecule has 0 spiro atoms. The monoisotopic (exact) mass is 295 g/mol. The van der Waals surface area contributed by atoms with Crippen LogP contribution in [0.15, 0.2) is 52.9 Å². The van der Waals surface area contributed by atoms with E-state index in [2.05, 4.69) is 4.98 Å². The molecule has 2 aromatic carbocycles. The second kappa shape index (κ2) is 5.30. The zero-order chi connectivity index (χ0) is 15.7. The third-order valence-corrected chi connectivity index (χ3v) is 3.20. The van der Waals surface area contributed by atoms with Crippen molar-refractivity contribution in [2.45, 2.75) is 20.8 Å². The zero-order valence-corrected chi connectivity index (χ0v) is 12.8. The number of nitrogens with zero attached hydrogens (tertiary/aromatic N) is 1. The Balaban J connectivity index is 1.92. The number of ether oxygens (including phenoxy) is 1. The molecule has 0 aliphatic carbocycles. The average molecular weight is 295 g/mol. The summed E-state index contributed by atoms with van der Waals surface area (Å²) in [6.07, 6.45) is 0. The molecule has 0 amide bonds. The molecule has 3 rings (SSSR count). The Morgan fingerprint density at radius 1 is 1.09 bits per heavy atom. The van der Waals surface area contributed by atoms with Crippen molar-refractivity contribution in [1.82, 2.24) is 4.98 Å². The number of benzene rings is 2. The lowest BCUT2D eigenvalue weighted by molar-refractivity contribution is -0.142. The fourth-order valence-corrected chi connectivity index (χ4v) is 1.93. The van der Waals surface area contributed by atoms with Crippen LogP contribution >= 0.6 is 0 Å². The van der Waals surface area contributed by atoms with Crippen LogP contribution in [0.4, 0.5) is 0 Å². The molecule has 0 unspecified atom stereocenters. The van der Waals surface area contributed by atoms with Gasteiger partial charge in [0.2, 0.25) is 5.89 Å². The Morgan fingerprint density at radius 2 is 1.82 bits per heavy atom. The van der Waals surface area contributed by atoms with Crippen LogP contribution in [0.3, 0.4) is 0 Å². The maximum atomic E-state index is 11.9. The van der Waals surface area contributed by atoms with Gasteiger partial charge in [0, 0.05) is 11.6 Å². The van der Waals surface area contributed by atoms with E-state index in [9.17, 15) is 4.79 Å². The van der Waals surface area contributed by atoms with E-state index in [1.165, 1.54) is 0 Å². The molecule has 0 radical (unpaired) electrons. The van der Waals surface area contributed by atoms with Crippen molar-refractivity contribution in [3.63, 3.8) is 0 Å². The van der Waals surface area contributed by atoms with Gasteiger partial charge in [-0.3, -0.25) is 4.79 Å². The van der Waals surface area contributed by atoms with Gasteiger partial charge in [0.25, 0.3) is 0 Å². The first-order valence-electron chi connectivity index (χ1n) is 7.12. The molecule has 4 heteroatoms. The van der Waals surface area contributed by atoms with Gasteiger partial charge in [-0.15, -0.1) is 0 Å². The summed E-state index contributed by atoms with van der Waals surface area (Å²) in [5.41, 5.74) is 1.69. The molecule has 0 N–H and O–H groups in total. The van der Waals surface area contributed by atoms with E-state index in [4.69, 9.17) is 9.15 Å². The molecular formula is C18H17NO3. The molecule has 0 bridgehead atoms. The highest BCUT2D eigenvalue weighted by Crippen LogP contribution is 2.28. The Bertz CT molecular complexity index is 813. The lowest BCUT2D eigenvalue weighted by atomic mass is 9.97. The summed E-state index contributed by atoms with van der Waals surface area (Å²) in [5.74, 6) is 0.729. The molecule has 3 aromatic rings. The minimum absolute atomic E-state index is 0.283. The molecule has 112 valence electrons. The van der Waals surface area contributed by atoms with Crippen LogP contribution in [0.5, 0.6) is 5.75 Å². The highest BCUT2D eigenvalue weighted by Gasteiger charge is 2.24. The van der Waals surface area contributed by atoms with Gasteiger partial charge < -0.3 is 9.15 Å². The van der Waals surface area contributed by atoms with E-state index >= 15 is 0 Å². The molecule has 0 saturated heterocycles. The van der Waals surface area contributed by atoms with E-state index in [0.29, 0.717) is 17.2 Å². The maximum absolute atomic E-state index is 11.9. The molecule has 1 aromatic heterocycles. The normalized spacial score (nSPS) is 11.6. The largest absolute Gasteiger partial charge is 0.436 e. The second-order valence-electron chi connectivity index (χ2n) is 6.15. The van der Waals surface area contributed by atoms with Crippen molar-refractivity contribution in [3.8, 4) is 17.2 Å². The third-order valence-electron chi connectivity index (χ3n) is 3.20. The first-order chi connectivity index (χ1) is 10.4. The highest BCUT2D eigenvalue weighted by atomic mass is 16.5. The standard InChI is InChI=1S/C18H17NO3/c1-18(2,3)17(20)21-13-9-10-14-15(11-13)22-16(19-14)12-7-5-4-6-8-12/h4-11H,1-3H3. The fourth-order valence-electron chi connectivity index (χ4n) is 1.93. The van der Waals surface area contributed by atoms with E-state index in [1.807, 2.05) is 51.1 Å². The minimum atomic E-state index is -0.550. The SMILES string of the molecule is CC(C)(C)C(=O)Oc1ccc2nc(-c3ccccc3)oc2c1. The van der Waals surface area contributed by atoms with Gasteiger partial charge in [-0.2, -0.15) is 0 Å². The number of carbonyl (C=O) groups excluding carboxylic acids is 1. The highest BCUT2D eigenvalue weighted by molar-refractivity contribution is 5.81. The van der Waals surface area contributed by atoms with Gasteiger partial charge >= 0.3 is 5.97 Å². The molecule has 0 atom stereocenters. The number of hydrogen-bond acceptors (Lipinski definition) is 4. The topological polar surface area (TPSA) is 52.3 Å². The van der Waals surface area contributed by atoms with Gasteiger partial charge in [0.15, 0.2) is 5.58 Å². The van der Waals surface area contributed by atoms with Gasteiger partial charge in [0.05, 0.1) is 5.41 Å². The lowest BCUT2D eigenvalue weighted by Crippen LogP contribution is -2.25. The Labute approximate surface area is 128 Å². The lowest BCUT2D eigenvalue weighted by Gasteiger charge is -2.15. The van der Waals surface area contributed by atoms with Crippen molar-refractivity contribution in [2.75, 3.05) is 0 Å². The molecule has 0 saturated carbocycles. The predicted octanol–water partition coefficient (Wildman–Crippen LogP) is 4.45. The first kappa shape index (κ1) is 14.3. The second-order valence-corrected chi connectivity index (χ2v) is 6.15. The van der Waals surface area contributed by atoms with Crippen LogP contribution in [0.25, 0.3) is 22.6 Å². The number of aromatic nitrogens is 1. The predicted molar refractivity (Wildman–Crippen MR) is 84.5 cm³/mol. The molecule has 1 heterocycles. The molecule has 4 nitrogen and oxygen atoms in total. The van der Waals surface area contributed by atoms with E-state index in [1.54, 1.807) is 18.2 Å². The van der Waals surface area contributed by atoms with Crippen molar-refractivity contribution in [2.24, 2.45) is 5.41 Å². The van der Waals surface area contributed by atoms with Crippen molar-refractivity contribution >= 4 is 17.1 Å². The Kier molecular flexibility index (Phi) is 3.45. The molecule has 0 fully saturated rings. The van der Waals surface area contributed by atoms with E-state index in [0.717, 1.165) is 11.1 Å². The first-order valence-corrected chi connectivity index (χ1v) is 7.12. The Hall–Kier alpha value is -2.62. The maximum Gasteiger partial charge on any atom is 0.316 e. The number of rotatable bonds is 2. The molecular weight excluding hydrogens is 278 g/mol. The fraction of sp³-hybridized carbons (Fsp3) is 0.222. The molecule has 0 aliphatic rings. The van der Waals surface area contributed by atoms with Gasteiger partial charge in [0.1, 0.15) is 11.3 Å². The van der Waals surface area contributed by atoms with Crippen molar-refractivity contribution < 1.29 is 13.9 Å². The summed E-state index contributed by atoms with van der Waals surface area (Å²) in [6, 6.07) is 14.9. The van der Waals surface area contributed by atoms with Crippen LogP contribution < -0.4 is 4.74 Å². The Morgan fingerprint density at radius 3 is 2.50 bits per heavy atom. The van der Waals surface area contributed by atoms with Crippen molar-refractivity contribution in [3.05, 3.63) is 48.5 Å². The number of hydrogen-bond donors (Lipinski definition) is 0. The average Bonchev–Trinajstić information content (AvgIpc) is 2.90. The quantitative estimate of drug-likeness (QED) is 0.518. The van der Waals surface area contributed by atoms with Gasteiger partial charge in [-0.05, 0) is 45.0 Å². The van der Waals surface area contributed by atoms with Crippen LogP contribution in [0.2, 0.25) is 0 Å².